The highest BCUT2D eigenvalue weighted by atomic mass is 16.4. The molecule has 8 atom stereocenters. The van der Waals surface area contributed by atoms with Gasteiger partial charge in [0.15, 0.2) is 0 Å². The van der Waals surface area contributed by atoms with E-state index in [4.69, 9.17) is 5.11 Å². The summed E-state index contributed by atoms with van der Waals surface area (Å²) in [6.45, 7) is 15.9. The molecule has 0 unspecified atom stereocenters. The molecular formula is C30H48O4. The van der Waals surface area contributed by atoms with Gasteiger partial charge in [-0.3, -0.25) is 0 Å². The maximum Gasteiger partial charge on any atom is 0.330 e. The van der Waals surface area contributed by atoms with Crippen LogP contribution in [0, 0.1) is 39.4 Å². The average Bonchev–Trinajstić information content (AvgIpc) is 3.05. The third kappa shape index (κ3) is 3.57. The van der Waals surface area contributed by atoms with E-state index in [2.05, 4.69) is 41.5 Å². The van der Waals surface area contributed by atoms with Gasteiger partial charge in [-0.25, -0.2) is 4.79 Å². The second-order valence-electron chi connectivity index (χ2n) is 13.6. The molecule has 0 bridgehead atoms. The molecule has 0 aliphatic heterocycles. The van der Waals surface area contributed by atoms with E-state index < -0.39 is 12.1 Å². The summed E-state index contributed by atoms with van der Waals surface area (Å²) in [7, 11) is 0. The zero-order chi connectivity index (χ0) is 25.3. The standard InChI is InChI=1S/C30H48O4/c1-18(26(33)34)8-10-23(31)19(2)20-12-16-30(7)22-9-11-24-27(3,4)25(32)14-15-28(24,5)21(22)13-17-29(20,30)6/h8,19-20,23-25,31-32H,9-17H2,1-7H3,(H,33,34)/b18-8+/t19-,20+,23+,24-,25-,28+,29+,30-/m0/s1. The molecule has 2 fully saturated rings. The lowest BCUT2D eigenvalue weighted by Crippen LogP contribution is -2.55. The molecular weight excluding hydrogens is 424 g/mol. The van der Waals surface area contributed by atoms with Crippen LogP contribution in [-0.4, -0.2) is 33.5 Å². The highest BCUT2D eigenvalue weighted by Crippen LogP contribution is 2.72. The quantitative estimate of drug-likeness (QED) is 0.315. The van der Waals surface area contributed by atoms with Gasteiger partial charge in [0.2, 0.25) is 0 Å². The van der Waals surface area contributed by atoms with Crippen molar-refractivity contribution in [3.8, 4) is 0 Å². The first-order valence-corrected chi connectivity index (χ1v) is 13.7. The minimum absolute atomic E-state index is 0.0361. The largest absolute Gasteiger partial charge is 0.478 e. The smallest absolute Gasteiger partial charge is 0.330 e. The van der Waals surface area contributed by atoms with Crippen molar-refractivity contribution in [2.24, 2.45) is 39.4 Å². The van der Waals surface area contributed by atoms with Crippen molar-refractivity contribution >= 4 is 5.97 Å². The van der Waals surface area contributed by atoms with Gasteiger partial charge in [-0.1, -0.05) is 58.8 Å². The van der Waals surface area contributed by atoms with E-state index in [1.165, 1.54) is 19.3 Å². The summed E-state index contributed by atoms with van der Waals surface area (Å²) in [5.41, 5.74) is 4.24. The number of fused-ring (bicyclic) bond motifs is 4. The Morgan fingerprint density at radius 1 is 1.03 bits per heavy atom. The number of allylic oxidation sites excluding steroid dienone is 2. The van der Waals surface area contributed by atoms with Crippen LogP contribution in [0.4, 0.5) is 0 Å². The van der Waals surface area contributed by atoms with Crippen LogP contribution >= 0.6 is 0 Å². The van der Waals surface area contributed by atoms with Crippen LogP contribution in [0.15, 0.2) is 22.8 Å². The third-order valence-corrected chi connectivity index (χ3v) is 12.0. The Labute approximate surface area is 206 Å². The Morgan fingerprint density at radius 2 is 1.71 bits per heavy atom. The van der Waals surface area contributed by atoms with Crippen LogP contribution in [0.5, 0.6) is 0 Å². The number of aliphatic carboxylic acids is 1. The number of rotatable bonds is 5. The Balaban J connectivity index is 1.63. The minimum Gasteiger partial charge on any atom is -0.478 e. The van der Waals surface area contributed by atoms with Gasteiger partial charge in [0, 0.05) is 5.57 Å². The molecule has 2 saturated carbocycles. The minimum atomic E-state index is -0.908. The lowest BCUT2D eigenvalue weighted by atomic mass is 9.43. The van der Waals surface area contributed by atoms with Crippen molar-refractivity contribution in [3.63, 3.8) is 0 Å². The Morgan fingerprint density at radius 3 is 2.35 bits per heavy atom. The molecule has 4 aliphatic rings. The van der Waals surface area contributed by atoms with E-state index in [9.17, 15) is 15.0 Å². The van der Waals surface area contributed by atoms with E-state index in [1.54, 1.807) is 24.1 Å². The van der Waals surface area contributed by atoms with E-state index in [1.807, 2.05) is 0 Å². The normalized spacial score (nSPS) is 43.6. The van der Waals surface area contributed by atoms with Crippen molar-refractivity contribution in [2.75, 3.05) is 0 Å². The maximum atomic E-state index is 11.2. The molecule has 0 spiro atoms. The second-order valence-corrected chi connectivity index (χ2v) is 13.6. The van der Waals surface area contributed by atoms with Gasteiger partial charge in [0.1, 0.15) is 0 Å². The molecule has 4 rings (SSSR count). The lowest BCUT2D eigenvalue weighted by molar-refractivity contribution is -0.132. The Hall–Kier alpha value is -1.13. The fraction of sp³-hybridized carbons (Fsp3) is 0.833. The van der Waals surface area contributed by atoms with E-state index >= 15 is 0 Å². The molecule has 0 amide bonds. The van der Waals surface area contributed by atoms with Crippen molar-refractivity contribution in [1.29, 1.82) is 0 Å². The lowest BCUT2D eigenvalue weighted by Gasteiger charge is -2.62. The first-order chi connectivity index (χ1) is 15.7. The van der Waals surface area contributed by atoms with Crippen molar-refractivity contribution in [3.05, 3.63) is 22.8 Å². The summed E-state index contributed by atoms with van der Waals surface area (Å²) < 4.78 is 0. The van der Waals surface area contributed by atoms with E-state index in [-0.39, 0.29) is 33.7 Å². The van der Waals surface area contributed by atoms with Gasteiger partial charge in [-0.15, -0.1) is 0 Å². The summed E-state index contributed by atoms with van der Waals surface area (Å²) >= 11 is 0. The molecule has 0 aromatic heterocycles. The van der Waals surface area contributed by atoms with Crippen LogP contribution in [-0.2, 0) is 4.79 Å². The molecule has 0 radical (unpaired) electrons. The Bertz CT molecular complexity index is 899. The molecule has 4 heteroatoms. The van der Waals surface area contributed by atoms with E-state index in [0.29, 0.717) is 23.8 Å². The van der Waals surface area contributed by atoms with Gasteiger partial charge in [-0.05, 0) is 104 Å². The molecule has 0 saturated heterocycles. The third-order valence-electron chi connectivity index (χ3n) is 12.0. The molecule has 0 aromatic carbocycles. The summed E-state index contributed by atoms with van der Waals surface area (Å²) in [6, 6.07) is 0. The van der Waals surface area contributed by atoms with Crippen LogP contribution in [0.3, 0.4) is 0 Å². The first-order valence-electron chi connectivity index (χ1n) is 13.7. The topological polar surface area (TPSA) is 77.8 Å². The van der Waals surface area contributed by atoms with Gasteiger partial charge in [0.05, 0.1) is 12.2 Å². The molecule has 3 N–H and O–H groups in total. The number of aliphatic hydroxyl groups is 2. The molecule has 192 valence electrons. The summed E-state index contributed by atoms with van der Waals surface area (Å²) in [5, 5.41) is 31.0. The predicted octanol–water partition coefficient (Wildman–Crippen LogP) is 6.51. The second kappa shape index (κ2) is 8.47. The first kappa shape index (κ1) is 25.9. The molecule has 4 aliphatic carbocycles. The number of hydrogen-bond donors (Lipinski definition) is 3. The van der Waals surface area contributed by atoms with Crippen LogP contribution in [0.1, 0.15) is 106 Å². The van der Waals surface area contributed by atoms with Gasteiger partial charge in [0.25, 0.3) is 0 Å². The highest BCUT2D eigenvalue weighted by molar-refractivity contribution is 5.85. The van der Waals surface area contributed by atoms with Gasteiger partial charge >= 0.3 is 5.97 Å². The molecule has 0 heterocycles. The van der Waals surface area contributed by atoms with Crippen molar-refractivity contribution in [1.82, 2.24) is 0 Å². The van der Waals surface area contributed by atoms with Crippen molar-refractivity contribution in [2.45, 2.75) is 118 Å². The molecule has 34 heavy (non-hydrogen) atoms. The summed E-state index contributed by atoms with van der Waals surface area (Å²) in [5.74, 6) is 0.213. The number of carboxylic acids is 1. The maximum absolute atomic E-state index is 11.2. The molecule has 4 nitrogen and oxygen atoms in total. The number of hydrogen-bond acceptors (Lipinski definition) is 3. The van der Waals surface area contributed by atoms with E-state index in [0.717, 1.165) is 32.1 Å². The highest BCUT2D eigenvalue weighted by Gasteiger charge is 2.63. The molecule has 0 aromatic rings. The number of aliphatic hydroxyl groups excluding tert-OH is 2. The number of carboxylic acid groups (broad SMARTS) is 1. The van der Waals surface area contributed by atoms with Gasteiger partial charge in [-0.2, -0.15) is 0 Å². The van der Waals surface area contributed by atoms with Gasteiger partial charge < -0.3 is 15.3 Å². The average molecular weight is 473 g/mol. The summed E-state index contributed by atoms with van der Waals surface area (Å²) in [6.07, 6.45) is 10.3. The van der Waals surface area contributed by atoms with Crippen LogP contribution < -0.4 is 0 Å². The zero-order valence-electron chi connectivity index (χ0n) is 22.6. The SMILES string of the molecule is C/C(=C\C[C@@H](O)[C@@H](C)[C@H]1CC[C@@]2(C)C3=C(CC[C@]12C)[C@@]1(C)CC[C@H](O)C(C)(C)[C@@H]1CC3)C(=O)O. The number of carbonyl (C=O) groups is 1. The monoisotopic (exact) mass is 472 g/mol. The zero-order valence-corrected chi connectivity index (χ0v) is 22.6. The Kier molecular flexibility index (Phi) is 6.47. The van der Waals surface area contributed by atoms with Crippen molar-refractivity contribution < 1.29 is 20.1 Å². The predicted molar refractivity (Wildman–Crippen MR) is 136 cm³/mol. The van der Waals surface area contributed by atoms with Crippen LogP contribution in [0.25, 0.3) is 0 Å². The van der Waals surface area contributed by atoms with Crippen LogP contribution in [0.2, 0.25) is 0 Å². The fourth-order valence-electron chi connectivity index (χ4n) is 9.43. The summed E-state index contributed by atoms with van der Waals surface area (Å²) in [4.78, 5) is 11.2. The fourth-order valence-corrected chi connectivity index (χ4v) is 9.43.